The maximum atomic E-state index is 12.4. The summed E-state index contributed by atoms with van der Waals surface area (Å²) >= 11 is 0. The second-order valence-electron chi connectivity index (χ2n) is 6.02. The Balaban J connectivity index is 2.00. The fourth-order valence-corrected chi connectivity index (χ4v) is 2.55. The smallest absolute Gasteiger partial charge is 0.313 e. The van der Waals surface area contributed by atoms with Gasteiger partial charge in [0.25, 0.3) is 0 Å². The van der Waals surface area contributed by atoms with Crippen LogP contribution in [0.2, 0.25) is 0 Å². The molecule has 0 saturated carbocycles. The van der Waals surface area contributed by atoms with E-state index < -0.39 is 11.8 Å². The zero-order valence-corrected chi connectivity index (χ0v) is 14.6. The van der Waals surface area contributed by atoms with Gasteiger partial charge in [-0.2, -0.15) is 5.10 Å². The van der Waals surface area contributed by atoms with Crippen LogP contribution in [0.4, 0.5) is 5.69 Å². The van der Waals surface area contributed by atoms with Gasteiger partial charge in [-0.1, -0.05) is 36.8 Å². The lowest BCUT2D eigenvalue weighted by Crippen LogP contribution is -2.44. The van der Waals surface area contributed by atoms with Crippen LogP contribution in [0.1, 0.15) is 24.5 Å². The van der Waals surface area contributed by atoms with E-state index in [0.29, 0.717) is 5.69 Å². The number of likely N-dealkylation sites (N-methyl/N-ethyl adjacent to an activating group) is 1. The van der Waals surface area contributed by atoms with Crippen LogP contribution in [0, 0.1) is 6.92 Å². The molecule has 1 aromatic carbocycles. The van der Waals surface area contributed by atoms with Crippen LogP contribution in [-0.2, 0) is 23.1 Å². The van der Waals surface area contributed by atoms with Crippen molar-refractivity contribution in [2.24, 2.45) is 7.05 Å². The Kier molecular flexibility index (Phi) is 5.73. The molecule has 2 amide bonds. The van der Waals surface area contributed by atoms with Gasteiger partial charge in [-0.25, -0.2) is 0 Å². The zero-order chi connectivity index (χ0) is 17.7. The molecule has 6 nitrogen and oxygen atoms in total. The van der Waals surface area contributed by atoms with Crippen LogP contribution in [0.15, 0.2) is 36.7 Å². The minimum atomic E-state index is -0.646. The number of aromatic nitrogens is 2. The highest BCUT2D eigenvalue weighted by atomic mass is 16.2. The van der Waals surface area contributed by atoms with E-state index in [9.17, 15) is 9.59 Å². The van der Waals surface area contributed by atoms with Gasteiger partial charge >= 0.3 is 11.8 Å². The molecule has 128 valence electrons. The van der Waals surface area contributed by atoms with Gasteiger partial charge in [0.15, 0.2) is 0 Å². The van der Waals surface area contributed by atoms with E-state index in [1.807, 2.05) is 13.8 Å². The number of amides is 2. The van der Waals surface area contributed by atoms with E-state index in [4.69, 9.17) is 0 Å². The van der Waals surface area contributed by atoms with Gasteiger partial charge in [-0.3, -0.25) is 14.3 Å². The van der Waals surface area contributed by atoms with Gasteiger partial charge in [0.1, 0.15) is 0 Å². The van der Waals surface area contributed by atoms with Crippen LogP contribution in [0.5, 0.6) is 0 Å². The van der Waals surface area contributed by atoms with Crippen molar-refractivity contribution >= 4 is 17.5 Å². The SMILES string of the molecule is CC[C@@H](Cc1ccc(C)cc1)N(C)C(=O)C(=O)Nc1cnn(C)c1. The molecule has 0 bridgehead atoms. The average molecular weight is 328 g/mol. The number of rotatable bonds is 5. The van der Waals surface area contributed by atoms with Crippen molar-refractivity contribution in [3.8, 4) is 0 Å². The Labute approximate surface area is 142 Å². The van der Waals surface area contributed by atoms with Crippen molar-refractivity contribution in [3.63, 3.8) is 0 Å². The summed E-state index contributed by atoms with van der Waals surface area (Å²) in [6.07, 6.45) is 4.65. The number of benzene rings is 1. The van der Waals surface area contributed by atoms with Gasteiger partial charge in [-0.15, -0.1) is 0 Å². The largest absolute Gasteiger partial charge is 0.334 e. The molecule has 1 N–H and O–H groups in total. The number of nitrogens with zero attached hydrogens (tertiary/aromatic N) is 3. The van der Waals surface area contributed by atoms with Crippen molar-refractivity contribution in [2.45, 2.75) is 32.7 Å². The molecule has 2 rings (SSSR count). The summed E-state index contributed by atoms with van der Waals surface area (Å²) in [5, 5.41) is 6.55. The number of aryl methyl sites for hydroxylation is 2. The lowest BCUT2D eigenvalue weighted by Gasteiger charge is -2.27. The molecule has 6 heteroatoms. The fraction of sp³-hybridized carbons (Fsp3) is 0.389. The quantitative estimate of drug-likeness (QED) is 0.855. The zero-order valence-electron chi connectivity index (χ0n) is 14.6. The van der Waals surface area contributed by atoms with Crippen molar-refractivity contribution in [1.29, 1.82) is 0 Å². The minimum absolute atomic E-state index is 0.0279. The molecule has 0 aliphatic rings. The highest BCUT2D eigenvalue weighted by Crippen LogP contribution is 2.13. The first-order valence-corrected chi connectivity index (χ1v) is 8.03. The molecule has 0 unspecified atom stereocenters. The average Bonchev–Trinajstić information content (AvgIpc) is 2.97. The molecule has 0 spiro atoms. The van der Waals surface area contributed by atoms with E-state index in [2.05, 4.69) is 34.7 Å². The maximum Gasteiger partial charge on any atom is 0.313 e. The molecule has 0 saturated heterocycles. The predicted molar refractivity (Wildman–Crippen MR) is 93.6 cm³/mol. The number of nitrogens with one attached hydrogen (secondary N) is 1. The molecule has 0 aliphatic carbocycles. The van der Waals surface area contributed by atoms with E-state index in [1.54, 1.807) is 25.0 Å². The lowest BCUT2D eigenvalue weighted by atomic mass is 10.0. The number of hydrogen-bond donors (Lipinski definition) is 1. The molecule has 1 heterocycles. The summed E-state index contributed by atoms with van der Waals surface area (Å²) in [5.41, 5.74) is 2.86. The van der Waals surface area contributed by atoms with Gasteiger partial charge in [0.05, 0.1) is 11.9 Å². The summed E-state index contributed by atoms with van der Waals surface area (Å²) in [6.45, 7) is 4.06. The first-order chi connectivity index (χ1) is 11.4. The third-order valence-corrected chi connectivity index (χ3v) is 4.09. The Bertz CT molecular complexity index is 706. The second kappa shape index (κ2) is 7.77. The van der Waals surface area contributed by atoms with Crippen LogP contribution in [0.25, 0.3) is 0 Å². The van der Waals surface area contributed by atoms with Gasteiger partial charge in [-0.05, 0) is 25.3 Å². The Morgan fingerprint density at radius 2 is 1.96 bits per heavy atom. The second-order valence-corrected chi connectivity index (χ2v) is 6.02. The highest BCUT2D eigenvalue weighted by Gasteiger charge is 2.25. The summed E-state index contributed by atoms with van der Waals surface area (Å²) in [6, 6.07) is 8.20. The number of carbonyl (C=O) groups excluding carboxylic acids is 2. The van der Waals surface area contributed by atoms with Crippen molar-refractivity contribution in [3.05, 3.63) is 47.8 Å². The van der Waals surface area contributed by atoms with Gasteiger partial charge in [0.2, 0.25) is 0 Å². The van der Waals surface area contributed by atoms with Crippen LogP contribution in [0.3, 0.4) is 0 Å². The van der Waals surface area contributed by atoms with E-state index in [1.165, 1.54) is 16.7 Å². The molecular formula is C18H24N4O2. The standard InChI is InChI=1S/C18H24N4O2/c1-5-16(10-14-8-6-13(2)7-9-14)22(4)18(24)17(23)20-15-11-19-21(3)12-15/h6-9,11-12,16H,5,10H2,1-4H3,(H,20,23)/t16-/m0/s1. The molecular weight excluding hydrogens is 304 g/mol. The Hall–Kier alpha value is -2.63. The number of carbonyl (C=O) groups is 2. The normalized spacial score (nSPS) is 11.8. The van der Waals surface area contributed by atoms with E-state index in [0.717, 1.165) is 18.4 Å². The topological polar surface area (TPSA) is 67.2 Å². The molecule has 1 atom stereocenters. The van der Waals surface area contributed by atoms with Crippen molar-refractivity contribution in [2.75, 3.05) is 12.4 Å². The van der Waals surface area contributed by atoms with Crippen molar-refractivity contribution in [1.82, 2.24) is 14.7 Å². The highest BCUT2D eigenvalue weighted by molar-refractivity contribution is 6.39. The third kappa shape index (κ3) is 4.44. The first kappa shape index (κ1) is 17.7. The van der Waals surface area contributed by atoms with Crippen molar-refractivity contribution < 1.29 is 9.59 Å². The molecule has 0 radical (unpaired) electrons. The van der Waals surface area contributed by atoms with Gasteiger partial charge < -0.3 is 10.2 Å². The van der Waals surface area contributed by atoms with Gasteiger partial charge in [0, 0.05) is 26.3 Å². The van der Waals surface area contributed by atoms with Crippen LogP contribution >= 0.6 is 0 Å². The Morgan fingerprint density at radius 3 is 2.50 bits per heavy atom. The summed E-state index contributed by atoms with van der Waals surface area (Å²) < 4.78 is 1.57. The summed E-state index contributed by atoms with van der Waals surface area (Å²) in [7, 11) is 3.42. The fourth-order valence-electron chi connectivity index (χ4n) is 2.55. The monoisotopic (exact) mass is 328 g/mol. The summed E-state index contributed by atoms with van der Waals surface area (Å²) in [4.78, 5) is 26.0. The van der Waals surface area contributed by atoms with Crippen LogP contribution < -0.4 is 5.32 Å². The molecule has 0 fully saturated rings. The van der Waals surface area contributed by atoms with Crippen LogP contribution in [-0.4, -0.2) is 39.6 Å². The lowest BCUT2D eigenvalue weighted by molar-refractivity contribution is -0.143. The van der Waals surface area contributed by atoms with E-state index >= 15 is 0 Å². The predicted octanol–water partition coefficient (Wildman–Crippen LogP) is 2.15. The number of anilines is 1. The maximum absolute atomic E-state index is 12.4. The third-order valence-electron chi connectivity index (χ3n) is 4.09. The minimum Gasteiger partial charge on any atom is -0.334 e. The van der Waals surface area contributed by atoms with E-state index in [-0.39, 0.29) is 6.04 Å². The first-order valence-electron chi connectivity index (χ1n) is 8.03. The molecule has 2 aromatic rings. The Morgan fingerprint density at radius 1 is 1.29 bits per heavy atom. The number of hydrogen-bond acceptors (Lipinski definition) is 3. The molecule has 24 heavy (non-hydrogen) atoms. The molecule has 1 aromatic heterocycles. The molecule has 0 aliphatic heterocycles. The summed E-state index contributed by atoms with van der Waals surface area (Å²) in [5.74, 6) is -1.19.